The van der Waals surface area contributed by atoms with Crippen LogP contribution in [-0.2, 0) is 0 Å². The van der Waals surface area contributed by atoms with Crippen molar-refractivity contribution in [2.24, 2.45) is 0 Å². The lowest BCUT2D eigenvalue weighted by molar-refractivity contribution is 0.0939. The molecule has 0 spiro atoms. The van der Waals surface area contributed by atoms with Gasteiger partial charge in [0, 0.05) is 15.1 Å². The van der Waals surface area contributed by atoms with Gasteiger partial charge in [0.25, 0.3) is 5.91 Å². The van der Waals surface area contributed by atoms with E-state index in [-0.39, 0.29) is 17.1 Å². The molecule has 0 fully saturated rings. The molecule has 0 aliphatic carbocycles. The number of hydrogen-bond donors (Lipinski definition) is 1. The second-order valence-electron chi connectivity index (χ2n) is 4.24. The molecule has 6 heteroatoms. The van der Waals surface area contributed by atoms with Crippen LogP contribution in [0.15, 0.2) is 45.5 Å². The summed E-state index contributed by atoms with van der Waals surface area (Å²) in [6.07, 6.45) is 1.55. The summed E-state index contributed by atoms with van der Waals surface area (Å²) in [7, 11) is 0. The molecule has 1 heterocycles. The van der Waals surface area contributed by atoms with Gasteiger partial charge in [-0.25, -0.2) is 4.98 Å². The molecule has 2 aromatic rings. The molecule has 1 amide bonds. The van der Waals surface area contributed by atoms with E-state index in [1.807, 2.05) is 31.2 Å². The molecule has 0 aliphatic heterocycles. The number of nitrogens with one attached hydrogen (secondary N) is 1. The number of carbonyl (C=O) groups excluding carboxylic acids is 1. The summed E-state index contributed by atoms with van der Waals surface area (Å²) in [4.78, 5) is 16.1. The molecule has 2 rings (SSSR count). The molecule has 3 nitrogen and oxygen atoms in total. The third kappa shape index (κ3) is 3.81. The first kappa shape index (κ1) is 15.5. The summed E-state index contributed by atoms with van der Waals surface area (Å²) in [6.45, 7) is 1.92. The minimum absolute atomic E-state index is 0.120. The van der Waals surface area contributed by atoms with E-state index in [0.29, 0.717) is 10.0 Å². The van der Waals surface area contributed by atoms with E-state index in [4.69, 9.17) is 11.6 Å². The zero-order valence-electron chi connectivity index (χ0n) is 10.5. The zero-order valence-corrected chi connectivity index (χ0v) is 14.5. The first-order valence-corrected chi connectivity index (χ1v) is 7.81. The highest BCUT2D eigenvalue weighted by Gasteiger charge is 2.15. The van der Waals surface area contributed by atoms with Crippen LogP contribution in [0.25, 0.3) is 0 Å². The summed E-state index contributed by atoms with van der Waals surface area (Å²) in [5, 5.41) is 3.09. The van der Waals surface area contributed by atoms with Gasteiger partial charge in [-0.1, -0.05) is 39.7 Å². The van der Waals surface area contributed by atoms with E-state index in [2.05, 4.69) is 42.2 Å². The van der Waals surface area contributed by atoms with Crippen LogP contribution in [0, 0.1) is 0 Å². The van der Waals surface area contributed by atoms with Crippen LogP contribution < -0.4 is 5.32 Å². The number of carbonyl (C=O) groups is 1. The van der Waals surface area contributed by atoms with Crippen LogP contribution in [0.1, 0.15) is 28.9 Å². The predicted molar refractivity (Wildman–Crippen MR) is 87.0 cm³/mol. The fourth-order valence-electron chi connectivity index (χ4n) is 1.69. The van der Waals surface area contributed by atoms with E-state index in [1.54, 1.807) is 12.3 Å². The maximum Gasteiger partial charge on any atom is 0.254 e. The molecular formula is C14H11Br2ClN2O. The average Bonchev–Trinajstić information content (AvgIpc) is 2.42. The van der Waals surface area contributed by atoms with Gasteiger partial charge >= 0.3 is 0 Å². The van der Waals surface area contributed by atoms with E-state index >= 15 is 0 Å². The number of amides is 1. The smallest absolute Gasteiger partial charge is 0.254 e. The lowest BCUT2D eigenvalue weighted by atomic mass is 10.1. The molecule has 0 unspecified atom stereocenters. The Kier molecular flexibility index (Phi) is 5.18. The predicted octanol–water partition coefficient (Wildman–Crippen LogP) is 4.75. The molecular weight excluding hydrogens is 407 g/mol. The average molecular weight is 419 g/mol. The van der Waals surface area contributed by atoms with Gasteiger partial charge in [-0.3, -0.25) is 4.79 Å². The second-order valence-corrected chi connectivity index (χ2v) is 6.43. The highest BCUT2D eigenvalue weighted by atomic mass is 79.9. The summed E-state index contributed by atoms with van der Waals surface area (Å²) in [6, 6.07) is 9.31. The van der Waals surface area contributed by atoms with Gasteiger partial charge < -0.3 is 5.32 Å². The third-order valence-electron chi connectivity index (χ3n) is 2.77. The van der Waals surface area contributed by atoms with Gasteiger partial charge in [-0.15, -0.1) is 0 Å². The van der Waals surface area contributed by atoms with Gasteiger partial charge in [0.15, 0.2) is 0 Å². The van der Waals surface area contributed by atoms with E-state index in [1.165, 1.54) is 0 Å². The van der Waals surface area contributed by atoms with Crippen molar-refractivity contribution < 1.29 is 4.79 Å². The third-order valence-corrected chi connectivity index (χ3v) is 4.03. The molecule has 1 atom stereocenters. The Balaban J connectivity index is 2.15. The fourth-order valence-corrected chi connectivity index (χ4v) is 2.48. The highest BCUT2D eigenvalue weighted by Crippen LogP contribution is 2.20. The minimum Gasteiger partial charge on any atom is -0.345 e. The Bertz CT molecular complexity index is 632. The van der Waals surface area contributed by atoms with Crippen molar-refractivity contribution in [3.63, 3.8) is 0 Å². The molecule has 0 aliphatic rings. The Hall–Kier alpha value is -0.910. The van der Waals surface area contributed by atoms with Crippen molar-refractivity contribution >= 4 is 49.4 Å². The van der Waals surface area contributed by atoms with Crippen molar-refractivity contribution in [2.45, 2.75) is 13.0 Å². The lowest BCUT2D eigenvalue weighted by Crippen LogP contribution is -2.27. The normalized spacial score (nSPS) is 12.0. The molecule has 1 aromatic carbocycles. The Morgan fingerprint density at radius 3 is 2.55 bits per heavy atom. The summed E-state index contributed by atoms with van der Waals surface area (Å²) < 4.78 is 1.71. The SMILES string of the molecule is C[C@H](NC(=O)c1cc(Br)cnc1Cl)c1ccc(Br)cc1. The van der Waals surface area contributed by atoms with Crippen LogP contribution in [0.3, 0.4) is 0 Å². The highest BCUT2D eigenvalue weighted by molar-refractivity contribution is 9.10. The van der Waals surface area contributed by atoms with Gasteiger partial charge in [0.2, 0.25) is 0 Å². The molecule has 0 saturated heterocycles. The van der Waals surface area contributed by atoms with Crippen molar-refractivity contribution in [3.05, 3.63) is 61.8 Å². The summed E-state index contributed by atoms with van der Waals surface area (Å²) in [5.41, 5.74) is 1.37. The minimum atomic E-state index is -0.251. The van der Waals surface area contributed by atoms with Crippen LogP contribution in [-0.4, -0.2) is 10.9 Å². The van der Waals surface area contributed by atoms with Crippen molar-refractivity contribution in [3.8, 4) is 0 Å². The van der Waals surface area contributed by atoms with Crippen molar-refractivity contribution in [2.75, 3.05) is 0 Å². The molecule has 0 bridgehead atoms. The Morgan fingerprint density at radius 2 is 1.90 bits per heavy atom. The molecule has 1 aromatic heterocycles. The van der Waals surface area contributed by atoms with E-state index < -0.39 is 0 Å². The van der Waals surface area contributed by atoms with Gasteiger partial charge in [-0.2, -0.15) is 0 Å². The molecule has 104 valence electrons. The maximum absolute atomic E-state index is 12.2. The quantitative estimate of drug-likeness (QED) is 0.731. The van der Waals surface area contributed by atoms with Gasteiger partial charge in [0.05, 0.1) is 11.6 Å². The van der Waals surface area contributed by atoms with Crippen LogP contribution in [0.2, 0.25) is 5.15 Å². The molecule has 0 radical (unpaired) electrons. The largest absolute Gasteiger partial charge is 0.345 e. The standard InChI is InChI=1S/C14H11Br2ClN2O/c1-8(9-2-4-10(15)5-3-9)19-14(20)12-6-11(16)7-18-13(12)17/h2-8H,1H3,(H,19,20)/t8-/m0/s1. The summed E-state index contributed by atoms with van der Waals surface area (Å²) >= 11 is 12.6. The number of halogens is 3. The van der Waals surface area contributed by atoms with E-state index in [0.717, 1.165) is 10.0 Å². The van der Waals surface area contributed by atoms with Crippen LogP contribution in [0.4, 0.5) is 0 Å². The molecule has 1 N–H and O–H groups in total. The molecule has 0 saturated carbocycles. The number of pyridine rings is 1. The second kappa shape index (κ2) is 6.70. The number of nitrogens with zero attached hydrogens (tertiary/aromatic N) is 1. The van der Waals surface area contributed by atoms with Gasteiger partial charge in [0.1, 0.15) is 5.15 Å². The van der Waals surface area contributed by atoms with Crippen molar-refractivity contribution in [1.82, 2.24) is 10.3 Å². The first-order chi connectivity index (χ1) is 9.47. The van der Waals surface area contributed by atoms with E-state index in [9.17, 15) is 4.79 Å². The number of rotatable bonds is 3. The van der Waals surface area contributed by atoms with Crippen molar-refractivity contribution in [1.29, 1.82) is 0 Å². The van der Waals surface area contributed by atoms with Crippen LogP contribution >= 0.6 is 43.5 Å². The topological polar surface area (TPSA) is 42.0 Å². The number of benzene rings is 1. The summed E-state index contributed by atoms with van der Waals surface area (Å²) in [5.74, 6) is -0.251. The lowest BCUT2D eigenvalue weighted by Gasteiger charge is -2.15. The number of hydrogen-bond acceptors (Lipinski definition) is 2. The maximum atomic E-state index is 12.2. The Morgan fingerprint density at radius 1 is 1.25 bits per heavy atom. The molecule has 20 heavy (non-hydrogen) atoms. The number of aromatic nitrogens is 1. The monoisotopic (exact) mass is 416 g/mol. The van der Waals surface area contributed by atoms with Gasteiger partial charge in [-0.05, 0) is 46.6 Å². The Labute approximate surface area is 139 Å². The first-order valence-electron chi connectivity index (χ1n) is 5.84. The van der Waals surface area contributed by atoms with Crippen LogP contribution in [0.5, 0.6) is 0 Å². The zero-order chi connectivity index (χ0) is 14.7. The fraction of sp³-hybridized carbons (Fsp3) is 0.143.